The summed E-state index contributed by atoms with van der Waals surface area (Å²) in [5.74, 6) is 0.0641. The van der Waals surface area contributed by atoms with Crippen molar-refractivity contribution < 1.29 is 4.79 Å². The minimum absolute atomic E-state index is 0.0641. The summed E-state index contributed by atoms with van der Waals surface area (Å²) in [6.45, 7) is 6.81. The number of halogens is 1. The molecule has 0 N–H and O–H groups in total. The van der Waals surface area contributed by atoms with Crippen LogP contribution in [0.5, 0.6) is 0 Å². The molecule has 1 atom stereocenters. The largest absolute Gasteiger partial charge is 0.340 e. The summed E-state index contributed by atoms with van der Waals surface area (Å²) in [6, 6.07) is 20.8. The predicted molar refractivity (Wildman–Crippen MR) is 141 cm³/mol. The van der Waals surface area contributed by atoms with Crippen LogP contribution in [0.15, 0.2) is 65.7 Å². The van der Waals surface area contributed by atoms with Crippen LogP contribution in [0, 0.1) is 0 Å². The molecule has 1 heterocycles. The van der Waals surface area contributed by atoms with E-state index in [9.17, 15) is 4.79 Å². The molecule has 3 aromatic rings. The molecule has 174 valence electrons. The van der Waals surface area contributed by atoms with Crippen molar-refractivity contribution in [1.82, 2.24) is 4.90 Å². The Labute approximate surface area is 203 Å². The molecule has 3 nitrogen and oxygen atoms in total. The molecule has 0 bridgehead atoms. The Morgan fingerprint density at radius 2 is 1.73 bits per heavy atom. The molecule has 1 aliphatic heterocycles. The first kappa shape index (κ1) is 25.0. The summed E-state index contributed by atoms with van der Waals surface area (Å²) in [6.07, 6.45) is 5.64. The van der Waals surface area contributed by atoms with Crippen LogP contribution in [-0.4, -0.2) is 29.6 Å². The van der Waals surface area contributed by atoms with Crippen LogP contribution in [0.2, 0.25) is 5.02 Å². The number of rotatable bonds is 5. The van der Waals surface area contributed by atoms with Crippen LogP contribution < -0.4 is 0 Å². The van der Waals surface area contributed by atoms with Crippen molar-refractivity contribution in [3.8, 4) is 0 Å². The van der Waals surface area contributed by atoms with Crippen LogP contribution in [0.3, 0.4) is 0 Å². The number of amides is 1. The van der Waals surface area contributed by atoms with Crippen molar-refractivity contribution >= 4 is 34.0 Å². The lowest BCUT2D eigenvalue weighted by molar-refractivity contribution is -0.131. The van der Waals surface area contributed by atoms with Crippen LogP contribution in [-0.2, 0) is 17.8 Å². The van der Waals surface area contributed by atoms with E-state index in [1.807, 2.05) is 32.2 Å². The first-order valence-corrected chi connectivity index (χ1v) is 12.4. The third kappa shape index (κ3) is 6.68. The van der Waals surface area contributed by atoms with Gasteiger partial charge in [0.25, 0.3) is 0 Å². The van der Waals surface area contributed by atoms with E-state index in [0.717, 1.165) is 29.7 Å². The van der Waals surface area contributed by atoms with Crippen LogP contribution in [0.1, 0.15) is 63.1 Å². The molecule has 0 saturated carbocycles. The van der Waals surface area contributed by atoms with Gasteiger partial charge in [0.1, 0.15) is 6.04 Å². The molecule has 1 aliphatic rings. The number of likely N-dealkylation sites (N-methyl/N-ethyl adjacent to an activating group) is 1. The monoisotopic (exact) mass is 462 g/mol. The number of hydrogen-bond donors (Lipinski definition) is 0. The quantitative estimate of drug-likeness (QED) is 0.387. The second-order valence-corrected chi connectivity index (χ2v) is 9.22. The lowest BCUT2D eigenvalue weighted by Crippen LogP contribution is -2.36. The molecule has 4 heteroatoms. The van der Waals surface area contributed by atoms with E-state index in [-0.39, 0.29) is 11.9 Å². The number of nitrogens with zero attached hydrogens (tertiary/aromatic N) is 2. The Bertz CT molecular complexity index is 1120. The highest BCUT2D eigenvalue weighted by atomic mass is 35.5. The van der Waals surface area contributed by atoms with E-state index < -0.39 is 0 Å². The van der Waals surface area contributed by atoms with Crippen molar-refractivity contribution in [2.24, 2.45) is 4.99 Å². The third-order valence-corrected chi connectivity index (χ3v) is 6.23. The predicted octanol–water partition coefficient (Wildman–Crippen LogP) is 7.47. The number of hydrogen-bond acceptors (Lipinski definition) is 2. The second kappa shape index (κ2) is 12.0. The maximum atomic E-state index is 12.1. The van der Waals surface area contributed by atoms with Gasteiger partial charge in [-0.2, -0.15) is 0 Å². The zero-order valence-corrected chi connectivity index (χ0v) is 21.0. The van der Waals surface area contributed by atoms with Crippen molar-refractivity contribution in [3.05, 3.63) is 82.4 Å². The number of carbonyl (C=O) groups is 1. The molecule has 1 unspecified atom stereocenters. The van der Waals surface area contributed by atoms with Gasteiger partial charge in [-0.15, -0.1) is 0 Å². The van der Waals surface area contributed by atoms with Crippen LogP contribution >= 0.6 is 11.6 Å². The molecule has 0 spiro atoms. The summed E-state index contributed by atoms with van der Waals surface area (Å²) < 4.78 is 0. The van der Waals surface area contributed by atoms with Gasteiger partial charge in [-0.1, -0.05) is 86.8 Å². The van der Waals surface area contributed by atoms with Crippen molar-refractivity contribution in [3.63, 3.8) is 0 Å². The van der Waals surface area contributed by atoms with E-state index in [0.29, 0.717) is 11.6 Å². The van der Waals surface area contributed by atoms with Gasteiger partial charge in [0, 0.05) is 29.9 Å². The van der Waals surface area contributed by atoms with Gasteiger partial charge < -0.3 is 4.90 Å². The van der Waals surface area contributed by atoms with Crippen LogP contribution in [0.4, 0.5) is 0 Å². The van der Waals surface area contributed by atoms with Crippen molar-refractivity contribution in [2.45, 2.75) is 65.5 Å². The van der Waals surface area contributed by atoms with Gasteiger partial charge in [0.05, 0.1) is 0 Å². The topological polar surface area (TPSA) is 32.7 Å². The SMILES string of the molecule is CCCC1=NC(C)C(=O)N(C)Cc2ccc(Cl)cc21.CCCCc1ccc2ccccc2c1. The zero-order chi connectivity index (χ0) is 23.8. The van der Waals surface area contributed by atoms with Gasteiger partial charge >= 0.3 is 0 Å². The average molecular weight is 463 g/mol. The van der Waals surface area contributed by atoms with Gasteiger partial charge in [-0.25, -0.2) is 0 Å². The molecular formula is C29H35ClN2O. The second-order valence-electron chi connectivity index (χ2n) is 8.78. The van der Waals surface area contributed by atoms with E-state index in [2.05, 4.69) is 61.3 Å². The standard InChI is InChI=1S/C15H19ClN2O.C14H16/c1-4-5-14-13-8-12(16)7-6-11(13)9-18(3)15(19)10(2)17-14;1-2-3-6-12-9-10-13-7-4-5-8-14(13)11-12/h6-8,10H,4-5,9H2,1-3H3;4-5,7-11H,2-3,6H2,1H3. The highest BCUT2D eigenvalue weighted by Gasteiger charge is 2.23. The fourth-order valence-corrected chi connectivity index (χ4v) is 4.35. The molecule has 3 aromatic carbocycles. The van der Waals surface area contributed by atoms with Crippen LogP contribution in [0.25, 0.3) is 10.8 Å². The van der Waals surface area contributed by atoms with E-state index >= 15 is 0 Å². The number of benzene rings is 3. The number of fused-ring (bicyclic) bond motifs is 2. The minimum atomic E-state index is -0.321. The molecule has 0 saturated heterocycles. The Balaban J connectivity index is 0.000000194. The fraction of sp³-hybridized carbons (Fsp3) is 0.379. The van der Waals surface area contributed by atoms with E-state index in [1.54, 1.807) is 4.90 Å². The lowest BCUT2D eigenvalue weighted by Gasteiger charge is -2.25. The lowest BCUT2D eigenvalue weighted by atomic mass is 9.98. The Morgan fingerprint density at radius 3 is 2.45 bits per heavy atom. The number of aryl methyl sites for hydroxylation is 1. The average Bonchev–Trinajstić information content (AvgIpc) is 2.82. The Morgan fingerprint density at radius 1 is 0.970 bits per heavy atom. The molecule has 0 aliphatic carbocycles. The van der Waals surface area contributed by atoms with Gasteiger partial charge in [0.15, 0.2) is 0 Å². The molecule has 33 heavy (non-hydrogen) atoms. The van der Waals surface area contributed by atoms with E-state index in [1.165, 1.54) is 35.6 Å². The first-order chi connectivity index (χ1) is 15.9. The smallest absolute Gasteiger partial charge is 0.247 e. The fourth-order valence-electron chi connectivity index (χ4n) is 4.18. The molecule has 4 rings (SSSR count). The van der Waals surface area contributed by atoms with Gasteiger partial charge in [-0.05, 0) is 60.2 Å². The Kier molecular flexibility index (Phi) is 9.08. The maximum Gasteiger partial charge on any atom is 0.247 e. The van der Waals surface area contributed by atoms with Gasteiger partial charge in [-0.3, -0.25) is 9.79 Å². The molecule has 0 aromatic heterocycles. The molecule has 0 fully saturated rings. The summed E-state index contributed by atoms with van der Waals surface area (Å²) in [7, 11) is 1.82. The first-order valence-electron chi connectivity index (χ1n) is 12.0. The van der Waals surface area contributed by atoms with Gasteiger partial charge in [0.2, 0.25) is 5.91 Å². The van der Waals surface area contributed by atoms with Crippen molar-refractivity contribution in [2.75, 3.05) is 7.05 Å². The van der Waals surface area contributed by atoms with E-state index in [4.69, 9.17) is 11.6 Å². The molecule has 1 amide bonds. The third-order valence-electron chi connectivity index (χ3n) is 5.99. The number of aliphatic imine (C=N–C) groups is 1. The maximum absolute atomic E-state index is 12.1. The molecule has 0 radical (unpaired) electrons. The van der Waals surface area contributed by atoms with Crippen molar-refractivity contribution in [1.29, 1.82) is 0 Å². The minimum Gasteiger partial charge on any atom is -0.340 e. The normalized spacial score (nSPS) is 15.8. The Hall–Kier alpha value is -2.65. The summed E-state index contributed by atoms with van der Waals surface area (Å²) >= 11 is 6.10. The number of unbranched alkanes of at least 4 members (excludes halogenated alkanes) is 1. The summed E-state index contributed by atoms with van der Waals surface area (Å²) in [4.78, 5) is 18.4. The summed E-state index contributed by atoms with van der Waals surface area (Å²) in [5, 5.41) is 3.42. The molecular weight excluding hydrogens is 428 g/mol. The highest BCUT2D eigenvalue weighted by molar-refractivity contribution is 6.31. The highest BCUT2D eigenvalue weighted by Crippen LogP contribution is 2.23. The zero-order valence-electron chi connectivity index (χ0n) is 20.3. The summed E-state index contributed by atoms with van der Waals surface area (Å²) in [5.41, 5.74) is 4.65. The number of carbonyl (C=O) groups excluding carboxylic acids is 1.